The molecule has 7 nitrogen and oxygen atoms in total. The zero-order valence-corrected chi connectivity index (χ0v) is 11.3. The van der Waals surface area contributed by atoms with Crippen LogP contribution in [0.5, 0.6) is 0 Å². The van der Waals surface area contributed by atoms with Gasteiger partial charge in [0.15, 0.2) is 0 Å². The Morgan fingerprint density at radius 3 is 3.05 bits per heavy atom. The lowest BCUT2D eigenvalue weighted by atomic mass is 10.0. The summed E-state index contributed by atoms with van der Waals surface area (Å²) in [4.78, 5) is 10.1. The molecule has 2 aromatic heterocycles. The van der Waals surface area contributed by atoms with E-state index in [1.165, 1.54) is 0 Å². The van der Waals surface area contributed by atoms with Gasteiger partial charge in [0.1, 0.15) is 5.82 Å². The highest BCUT2D eigenvalue weighted by atomic mass is 16.3. The van der Waals surface area contributed by atoms with E-state index >= 15 is 0 Å². The zero-order valence-electron chi connectivity index (χ0n) is 11.3. The number of nitrogens with two attached hydrogens (primary N) is 1. The normalized spacial score (nSPS) is 22.4. The van der Waals surface area contributed by atoms with Crippen LogP contribution in [-0.4, -0.2) is 44.5 Å². The molecule has 0 saturated carbocycles. The highest BCUT2D eigenvalue weighted by Gasteiger charge is 2.32. The summed E-state index contributed by atoms with van der Waals surface area (Å²) < 4.78 is 0. The largest absolute Gasteiger partial charge is 0.391 e. The predicted octanol–water partition coefficient (Wildman–Crippen LogP) is 0.130. The Morgan fingerprint density at radius 1 is 1.50 bits per heavy atom. The summed E-state index contributed by atoms with van der Waals surface area (Å²) in [5.41, 5.74) is 7.61. The molecule has 7 heteroatoms. The smallest absolute Gasteiger partial charge is 0.221 e. The van der Waals surface area contributed by atoms with Crippen molar-refractivity contribution < 1.29 is 5.11 Å². The monoisotopic (exact) mass is 274 g/mol. The second-order valence-corrected chi connectivity index (χ2v) is 5.25. The summed E-state index contributed by atoms with van der Waals surface area (Å²) in [7, 11) is 0. The van der Waals surface area contributed by atoms with E-state index in [0.717, 1.165) is 30.2 Å². The molecule has 3 rings (SSSR count). The van der Waals surface area contributed by atoms with E-state index in [4.69, 9.17) is 5.73 Å². The second-order valence-electron chi connectivity index (χ2n) is 5.25. The third kappa shape index (κ3) is 2.57. The van der Waals surface area contributed by atoms with Crippen LogP contribution in [-0.2, 0) is 6.42 Å². The van der Waals surface area contributed by atoms with Gasteiger partial charge in [0, 0.05) is 30.9 Å². The van der Waals surface area contributed by atoms with Crippen LogP contribution in [0.25, 0.3) is 0 Å². The Hall–Kier alpha value is -2.15. The van der Waals surface area contributed by atoms with Crippen molar-refractivity contribution in [1.29, 1.82) is 0 Å². The minimum Gasteiger partial charge on any atom is -0.391 e. The first kappa shape index (κ1) is 12.9. The first-order valence-corrected chi connectivity index (χ1v) is 6.64. The highest BCUT2D eigenvalue weighted by Crippen LogP contribution is 2.25. The molecular formula is C13H18N6O. The maximum Gasteiger partial charge on any atom is 0.221 e. The fourth-order valence-electron chi connectivity index (χ4n) is 2.63. The van der Waals surface area contributed by atoms with Gasteiger partial charge in [-0.2, -0.15) is 10.1 Å². The van der Waals surface area contributed by atoms with Gasteiger partial charge in [-0.05, 0) is 25.5 Å². The Bertz CT molecular complexity index is 598. The van der Waals surface area contributed by atoms with Gasteiger partial charge in [-0.1, -0.05) is 0 Å². The van der Waals surface area contributed by atoms with Crippen molar-refractivity contribution in [2.24, 2.45) is 5.92 Å². The van der Waals surface area contributed by atoms with Crippen LogP contribution < -0.4 is 10.6 Å². The number of β-amino-alcohol motifs (C(OH)–C–C–N with tert-alkyl or cyclic N) is 1. The molecule has 1 fully saturated rings. The average Bonchev–Trinajstić information content (AvgIpc) is 2.97. The quantitative estimate of drug-likeness (QED) is 0.735. The lowest BCUT2D eigenvalue weighted by Crippen LogP contribution is -2.22. The Morgan fingerprint density at radius 2 is 2.35 bits per heavy atom. The topological polar surface area (TPSA) is 104 Å². The van der Waals surface area contributed by atoms with Crippen LogP contribution in [0.2, 0.25) is 0 Å². The molecule has 0 unspecified atom stereocenters. The van der Waals surface area contributed by atoms with Gasteiger partial charge in [0.05, 0.1) is 11.8 Å². The van der Waals surface area contributed by atoms with E-state index in [2.05, 4.69) is 20.2 Å². The minimum atomic E-state index is -0.386. The first-order valence-electron chi connectivity index (χ1n) is 6.64. The van der Waals surface area contributed by atoms with E-state index in [1.54, 1.807) is 6.20 Å². The molecule has 106 valence electrons. The van der Waals surface area contributed by atoms with Crippen molar-refractivity contribution >= 4 is 11.8 Å². The van der Waals surface area contributed by atoms with Crippen LogP contribution in [0.1, 0.15) is 11.4 Å². The third-order valence-electron chi connectivity index (χ3n) is 3.62. The maximum atomic E-state index is 10.2. The molecule has 2 aromatic rings. The molecule has 20 heavy (non-hydrogen) atoms. The highest BCUT2D eigenvalue weighted by molar-refractivity contribution is 5.42. The summed E-state index contributed by atoms with van der Waals surface area (Å²) >= 11 is 0. The lowest BCUT2D eigenvalue weighted by molar-refractivity contribution is 0.148. The van der Waals surface area contributed by atoms with Crippen molar-refractivity contribution in [3.63, 3.8) is 0 Å². The standard InChI is InChI=1S/C13H18N6O/c1-8-4-10(18-17-8)5-9-6-19(7-11(9)20)12-2-3-15-13(14)16-12/h2-4,9,11,20H,5-7H2,1H3,(H,17,18)(H2,14,15,16)/t9-,11-/m1/s1. The van der Waals surface area contributed by atoms with Gasteiger partial charge in [-0.25, -0.2) is 4.98 Å². The van der Waals surface area contributed by atoms with Gasteiger partial charge >= 0.3 is 0 Å². The van der Waals surface area contributed by atoms with Gasteiger partial charge in [-0.15, -0.1) is 0 Å². The number of aliphatic hydroxyl groups is 1. The Balaban J connectivity index is 1.70. The number of hydrogen-bond acceptors (Lipinski definition) is 6. The molecule has 0 radical (unpaired) electrons. The average molecular weight is 274 g/mol. The molecule has 2 atom stereocenters. The Labute approximate surface area is 116 Å². The van der Waals surface area contributed by atoms with E-state index < -0.39 is 0 Å². The SMILES string of the molecule is Cc1cc(C[C@@H]2CN(c3ccnc(N)n3)C[C@H]2O)n[nH]1. The van der Waals surface area contributed by atoms with Crippen LogP contribution in [0.3, 0.4) is 0 Å². The Kier molecular flexibility index (Phi) is 3.27. The number of aliphatic hydroxyl groups excluding tert-OH is 1. The molecule has 0 aliphatic carbocycles. The van der Waals surface area contributed by atoms with Gasteiger partial charge in [0.25, 0.3) is 0 Å². The van der Waals surface area contributed by atoms with Crippen LogP contribution >= 0.6 is 0 Å². The molecule has 1 aliphatic heterocycles. The van der Waals surface area contributed by atoms with Crippen LogP contribution in [0.4, 0.5) is 11.8 Å². The number of hydrogen-bond donors (Lipinski definition) is 3. The summed E-state index contributed by atoms with van der Waals surface area (Å²) in [5, 5.41) is 17.4. The van der Waals surface area contributed by atoms with Crippen LogP contribution in [0.15, 0.2) is 18.3 Å². The van der Waals surface area contributed by atoms with Gasteiger partial charge < -0.3 is 15.7 Å². The number of nitrogen functional groups attached to an aromatic ring is 1. The molecule has 0 bridgehead atoms. The second kappa shape index (κ2) is 5.09. The summed E-state index contributed by atoms with van der Waals surface area (Å²) in [6.45, 7) is 3.27. The maximum absolute atomic E-state index is 10.2. The van der Waals surface area contributed by atoms with E-state index in [-0.39, 0.29) is 18.0 Å². The van der Waals surface area contributed by atoms with E-state index in [0.29, 0.717) is 6.54 Å². The number of H-pyrrole nitrogens is 1. The van der Waals surface area contributed by atoms with Crippen molar-refractivity contribution in [3.05, 3.63) is 29.7 Å². The van der Waals surface area contributed by atoms with Crippen molar-refractivity contribution in [2.45, 2.75) is 19.4 Å². The molecule has 0 amide bonds. The number of rotatable bonds is 3. The minimum absolute atomic E-state index is 0.147. The molecule has 4 N–H and O–H groups in total. The molecule has 0 aromatic carbocycles. The molecule has 1 aliphatic rings. The summed E-state index contributed by atoms with van der Waals surface area (Å²) in [5.74, 6) is 1.16. The predicted molar refractivity (Wildman–Crippen MR) is 75.2 cm³/mol. The zero-order chi connectivity index (χ0) is 14.1. The number of anilines is 2. The first-order chi connectivity index (χ1) is 9.61. The number of aryl methyl sites for hydroxylation is 1. The molecule has 0 spiro atoms. The fourth-order valence-corrected chi connectivity index (χ4v) is 2.63. The number of nitrogens with zero attached hydrogens (tertiary/aromatic N) is 4. The molecular weight excluding hydrogens is 256 g/mol. The summed E-state index contributed by atoms with van der Waals surface area (Å²) in [6.07, 6.45) is 2.00. The number of aromatic amines is 1. The van der Waals surface area contributed by atoms with E-state index in [9.17, 15) is 5.11 Å². The third-order valence-corrected chi connectivity index (χ3v) is 3.62. The van der Waals surface area contributed by atoms with Gasteiger partial charge in [0.2, 0.25) is 5.95 Å². The van der Waals surface area contributed by atoms with Gasteiger partial charge in [-0.3, -0.25) is 5.10 Å². The van der Waals surface area contributed by atoms with Crippen molar-refractivity contribution in [1.82, 2.24) is 20.2 Å². The van der Waals surface area contributed by atoms with Crippen molar-refractivity contribution in [2.75, 3.05) is 23.7 Å². The molecule has 3 heterocycles. The molecule has 1 saturated heterocycles. The number of nitrogens with one attached hydrogen (secondary N) is 1. The van der Waals surface area contributed by atoms with E-state index in [1.807, 2.05) is 24.0 Å². The van der Waals surface area contributed by atoms with Crippen LogP contribution in [0, 0.1) is 12.8 Å². The van der Waals surface area contributed by atoms with Crippen molar-refractivity contribution in [3.8, 4) is 0 Å². The summed E-state index contributed by atoms with van der Waals surface area (Å²) in [6, 6.07) is 3.82. The lowest BCUT2D eigenvalue weighted by Gasteiger charge is -2.16. The number of aromatic nitrogens is 4. The fraction of sp³-hybridized carbons (Fsp3) is 0.462.